The summed E-state index contributed by atoms with van der Waals surface area (Å²) in [6.45, 7) is 7.23. The molecular formula is C15H20N2O2S. The van der Waals surface area contributed by atoms with Crippen LogP contribution in [0.3, 0.4) is 0 Å². The summed E-state index contributed by atoms with van der Waals surface area (Å²) in [5, 5.41) is 4.22. The fourth-order valence-electron chi connectivity index (χ4n) is 3.25. The van der Waals surface area contributed by atoms with Crippen molar-refractivity contribution in [1.82, 2.24) is 10.2 Å². The Morgan fingerprint density at radius 1 is 1.50 bits per heavy atom. The van der Waals surface area contributed by atoms with Gasteiger partial charge in [-0.15, -0.1) is 0 Å². The molecule has 3 rings (SSSR count). The molecule has 0 aromatic heterocycles. The zero-order chi connectivity index (χ0) is 14.5. The largest absolute Gasteiger partial charge is 0.497 e. The van der Waals surface area contributed by atoms with Crippen molar-refractivity contribution in [3.05, 3.63) is 23.8 Å². The molecule has 0 saturated carbocycles. The average Bonchev–Trinajstić information content (AvgIpc) is 2.42. The van der Waals surface area contributed by atoms with E-state index in [0.29, 0.717) is 5.92 Å². The molecule has 1 saturated heterocycles. The highest BCUT2D eigenvalue weighted by Gasteiger charge is 2.52. The van der Waals surface area contributed by atoms with Gasteiger partial charge in [-0.2, -0.15) is 0 Å². The van der Waals surface area contributed by atoms with E-state index in [9.17, 15) is 0 Å². The van der Waals surface area contributed by atoms with E-state index in [-0.39, 0.29) is 6.04 Å². The third kappa shape index (κ3) is 1.69. The van der Waals surface area contributed by atoms with Crippen molar-refractivity contribution in [2.75, 3.05) is 13.7 Å². The highest BCUT2D eigenvalue weighted by molar-refractivity contribution is 7.80. The normalized spacial score (nSPS) is 31.2. The van der Waals surface area contributed by atoms with Crippen LogP contribution >= 0.6 is 12.2 Å². The maximum Gasteiger partial charge on any atom is 0.186 e. The number of methoxy groups -OCH3 is 1. The van der Waals surface area contributed by atoms with Gasteiger partial charge in [-0.05, 0) is 38.2 Å². The van der Waals surface area contributed by atoms with E-state index in [0.717, 1.165) is 28.7 Å². The zero-order valence-electron chi connectivity index (χ0n) is 12.3. The van der Waals surface area contributed by atoms with Gasteiger partial charge in [0.1, 0.15) is 11.5 Å². The minimum atomic E-state index is -0.416. The molecule has 0 amide bonds. The lowest BCUT2D eigenvalue weighted by molar-refractivity contribution is -0.108. The third-order valence-electron chi connectivity index (χ3n) is 4.59. The van der Waals surface area contributed by atoms with Gasteiger partial charge in [-0.3, -0.25) is 0 Å². The summed E-state index contributed by atoms with van der Waals surface area (Å²) in [6, 6.07) is 6.17. The average molecular weight is 292 g/mol. The molecule has 2 aliphatic rings. The fraction of sp³-hybridized carbons (Fsp3) is 0.533. The first-order valence-corrected chi connectivity index (χ1v) is 7.37. The van der Waals surface area contributed by atoms with Crippen LogP contribution in [0.15, 0.2) is 18.2 Å². The first-order valence-electron chi connectivity index (χ1n) is 6.96. The summed E-state index contributed by atoms with van der Waals surface area (Å²) < 4.78 is 11.6. The van der Waals surface area contributed by atoms with Crippen LogP contribution in [0, 0.1) is 5.92 Å². The Morgan fingerprint density at radius 3 is 2.90 bits per heavy atom. The van der Waals surface area contributed by atoms with Gasteiger partial charge < -0.3 is 19.7 Å². The number of thiocarbonyl (C=S) groups is 1. The van der Waals surface area contributed by atoms with Crippen LogP contribution in [-0.2, 0) is 0 Å². The summed E-state index contributed by atoms with van der Waals surface area (Å²) in [6.07, 6.45) is 0. The number of fused-ring (bicyclic) bond motifs is 4. The van der Waals surface area contributed by atoms with Gasteiger partial charge in [0.05, 0.1) is 13.2 Å². The van der Waals surface area contributed by atoms with Gasteiger partial charge in [-0.25, -0.2) is 0 Å². The molecule has 108 valence electrons. The Bertz CT molecular complexity index is 563. The maximum absolute atomic E-state index is 6.34. The van der Waals surface area contributed by atoms with E-state index < -0.39 is 5.72 Å². The van der Waals surface area contributed by atoms with Crippen molar-refractivity contribution < 1.29 is 9.47 Å². The van der Waals surface area contributed by atoms with Crippen molar-refractivity contribution in [2.45, 2.75) is 32.5 Å². The van der Waals surface area contributed by atoms with Crippen LogP contribution in [0.1, 0.15) is 32.4 Å². The molecule has 5 heteroatoms. The molecule has 1 N–H and O–H groups in total. The molecule has 0 radical (unpaired) electrons. The van der Waals surface area contributed by atoms with Crippen LogP contribution < -0.4 is 14.8 Å². The first-order chi connectivity index (χ1) is 9.51. The molecule has 1 aromatic carbocycles. The Labute approximate surface area is 125 Å². The highest BCUT2D eigenvalue weighted by Crippen LogP contribution is 2.48. The Balaban J connectivity index is 2.12. The summed E-state index contributed by atoms with van der Waals surface area (Å²) >= 11 is 5.49. The van der Waals surface area contributed by atoms with Gasteiger partial charge >= 0.3 is 0 Å². The lowest BCUT2D eigenvalue weighted by Crippen LogP contribution is -2.68. The maximum atomic E-state index is 6.34. The second-order valence-electron chi connectivity index (χ2n) is 5.52. The molecule has 20 heavy (non-hydrogen) atoms. The molecule has 1 fully saturated rings. The molecular weight excluding hydrogens is 272 g/mol. The Hall–Kier alpha value is -1.49. The summed E-state index contributed by atoms with van der Waals surface area (Å²) in [7, 11) is 1.67. The van der Waals surface area contributed by atoms with Gasteiger partial charge in [0.15, 0.2) is 10.8 Å². The fourth-order valence-corrected chi connectivity index (χ4v) is 3.69. The zero-order valence-corrected chi connectivity index (χ0v) is 13.1. The second kappa shape index (κ2) is 4.52. The molecule has 1 aromatic rings. The van der Waals surface area contributed by atoms with Crippen molar-refractivity contribution in [3.63, 3.8) is 0 Å². The van der Waals surface area contributed by atoms with E-state index in [1.54, 1.807) is 7.11 Å². The minimum absolute atomic E-state index is 0.185. The van der Waals surface area contributed by atoms with Crippen LogP contribution in [0.4, 0.5) is 0 Å². The smallest absolute Gasteiger partial charge is 0.186 e. The number of hydrogen-bond donors (Lipinski definition) is 1. The molecule has 2 bridgehead atoms. The van der Waals surface area contributed by atoms with Gasteiger partial charge in [0.25, 0.3) is 0 Å². The van der Waals surface area contributed by atoms with Crippen LogP contribution in [-0.4, -0.2) is 29.4 Å². The third-order valence-corrected chi connectivity index (χ3v) is 4.93. The van der Waals surface area contributed by atoms with E-state index >= 15 is 0 Å². The van der Waals surface area contributed by atoms with Crippen LogP contribution in [0.25, 0.3) is 0 Å². The van der Waals surface area contributed by atoms with E-state index in [4.69, 9.17) is 21.7 Å². The van der Waals surface area contributed by atoms with Crippen molar-refractivity contribution in [3.8, 4) is 11.5 Å². The lowest BCUT2D eigenvalue weighted by Gasteiger charge is -2.56. The van der Waals surface area contributed by atoms with Crippen molar-refractivity contribution in [2.24, 2.45) is 5.92 Å². The summed E-state index contributed by atoms with van der Waals surface area (Å²) in [4.78, 5) is 2.12. The quantitative estimate of drug-likeness (QED) is 0.848. The van der Waals surface area contributed by atoms with Crippen LogP contribution in [0.2, 0.25) is 0 Å². The molecule has 4 nitrogen and oxygen atoms in total. The lowest BCUT2D eigenvalue weighted by atomic mass is 9.81. The van der Waals surface area contributed by atoms with Crippen molar-refractivity contribution >= 4 is 17.3 Å². The van der Waals surface area contributed by atoms with Crippen molar-refractivity contribution in [1.29, 1.82) is 0 Å². The van der Waals surface area contributed by atoms with Gasteiger partial charge in [0, 0.05) is 24.1 Å². The van der Waals surface area contributed by atoms with Gasteiger partial charge in [-0.1, -0.05) is 6.92 Å². The standard InChI is InChI=1S/C15H20N2O2S/c1-5-17-14(20)16-13-9(2)15(17,3)19-12-8-10(18-4)6-7-11(12)13/h6-9,13H,5H2,1-4H3,(H,16,20). The number of nitrogens with one attached hydrogen (secondary N) is 1. The van der Waals surface area contributed by atoms with Crippen LogP contribution in [0.5, 0.6) is 11.5 Å². The predicted octanol–water partition coefficient (Wildman–Crippen LogP) is 2.69. The number of ether oxygens (including phenoxy) is 2. The van der Waals surface area contributed by atoms with E-state index in [1.165, 1.54) is 0 Å². The Morgan fingerprint density at radius 2 is 2.25 bits per heavy atom. The summed E-state index contributed by atoms with van der Waals surface area (Å²) in [5.74, 6) is 1.99. The van der Waals surface area contributed by atoms with Gasteiger partial charge in [0.2, 0.25) is 0 Å². The minimum Gasteiger partial charge on any atom is -0.497 e. The molecule has 2 heterocycles. The number of benzene rings is 1. The van der Waals surface area contributed by atoms with E-state index in [2.05, 4.69) is 37.1 Å². The molecule has 3 atom stereocenters. The Kier molecular flexibility index (Phi) is 3.05. The van der Waals surface area contributed by atoms with E-state index in [1.807, 2.05) is 12.1 Å². The predicted molar refractivity (Wildman–Crippen MR) is 82.0 cm³/mol. The first kappa shape index (κ1) is 13.5. The molecule has 3 unspecified atom stereocenters. The number of rotatable bonds is 2. The SMILES string of the molecule is CCN1C(=S)NC2c3ccc(OC)cc3OC1(C)C2C. The number of nitrogens with zero attached hydrogens (tertiary/aromatic N) is 1. The number of hydrogen-bond acceptors (Lipinski definition) is 3. The molecule has 2 aliphatic heterocycles. The monoisotopic (exact) mass is 292 g/mol. The molecule has 0 spiro atoms. The topological polar surface area (TPSA) is 33.7 Å². The summed E-state index contributed by atoms with van der Waals surface area (Å²) in [5.41, 5.74) is 0.732. The second-order valence-corrected chi connectivity index (χ2v) is 5.91. The molecule has 0 aliphatic carbocycles. The highest BCUT2D eigenvalue weighted by atomic mass is 32.1.